The number of amides is 1. The molecule has 2 aromatic rings. The smallest absolute Gasteiger partial charge is 0.416 e. The standard InChI is InChI=1S/C16H14F3NO2/c1-11(21)20(13-6-8-15(22-2)9-7-13)14-5-3-4-12(10-14)16(17,18)19/h3-10H,1-2H3. The third-order valence-electron chi connectivity index (χ3n) is 3.08. The van der Waals surface area contributed by atoms with Crippen molar-refractivity contribution in [2.24, 2.45) is 0 Å². The second kappa shape index (κ2) is 6.09. The number of halogens is 3. The number of ether oxygens (including phenoxy) is 1. The third kappa shape index (κ3) is 3.39. The van der Waals surface area contributed by atoms with Crippen molar-refractivity contribution >= 4 is 17.3 Å². The van der Waals surface area contributed by atoms with Crippen LogP contribution in [0.4, 0.5) is 24.5 Å². The van der Waals surface area contributed by atoms with Gasteiger partial charge < -0.3 is 4.74 Å². The molecule has 3 nitrogen and oxygen atoms in total. The summed E-state index contributed by atoms with van der Waals surface area (Å²) in [5.41, 5.74) is -0.176. The van der Waals surface area contributed by atoms with Crippen molar-refractivity contribution in [1.29, 1.82) is 0 Å². The van der Waals surface area contributed by atoms with Crippen LogP contribution in [0.2, 0.25) is 0 Å². The summed E-state index contributed by atoms with van der Waals surface area (Å²) in [6.07, 6.45) is -4.46. The van der Waals surface area contributed by atoms with Gasteiger partial charge >= 0.3 is 6.18 Å². The van der Waals surface area contributed by atoms with E-state index in [0.29, 0.717) is 11.4 Å². The Kier molecular flexibility index (Phi) is 4.40. The molecule has 116 valence electrons. The molecule has 0 atom stereocenters. The Bertz CT molecular complexity index is 666. The van der Waals surface area contributed by atoms with Gasteiger partial charge in [0.25, 0.3) is 0 Å². The van der Waals surface area contributed by atoms with Gasteiger partial charge in [-0.15, -0.1) is 0 Å². The molecule has 0 saturated carbocycles. The van der Waals surface area contributed by atoms with E-state index < -0.39 is 11.7 Å². The van der Waals surface area contributed by atoms with Gasteiger partial charge in [0.1, 0.15) is 5.75 Å². The molecule has 0 unspecified atom stereocenters. The molecular weight excluding hydrogens is 295 g/mol. The van der Waals surface area contributed by atoms with Crippen LogP contribution in [0.15, 0.2) is 48.5 Å². The van der Waals surface area contributed by atoms with Crippen LogP contribution in [0.1, 0.15) is 12.5 Å². The number of anilines is 2. The Hall–Kier alpha value is -2.50. The lowest BCUT2D eigenvalue weighted by Crippen LogP contribution is -2.23. The van der Waals surface area contributed by atoms with Gasteiger partial charge in [0, 0.05) is 18.3 Å². The number of hydrogen-bond acceptors (Lipinski definition) is 2. The summed E-state index contributed by atoms with van der Waals surface area (Å²) in [5.74, 6) is 0.209. The van der Waals surface area contributed by atoms with Crippen LogP contribution in [0.5, 0.6) is 5.75 Å². The highest BCUT2D eigenvalue weighted by molar-refractivity contribution is 5.99. The normalized spacial score (nSPS) is 11.1. The topological polar surface area (TPSA) is 29.5 Å². The van der Waals surface area contributed by atoms with Gasteiger partial charge in [-0.25, -0.2) is 0 Å². The molecule has 22 heavy (non-hydrogen) atoms. The van der Waals surface area contributed by atoms with Crippen molar-refractivity contribution in [2.45, 2.75) is 13.1 Å². The number of hydrogen-bond donors (Lipinski definition) is 0. The zero-order chi connectivity index (χ0) is 16.3. The summed E-state index contributed by atoms with van der Waals surface area (Å²) in [7, 11) is 1.50. The first-order valence-corrected chi connectivity index (χ1v) is 6.45. The quantitative estimate of drug-likeness (QED) is 0.841. The van der Waals surface area contributed by atoms with Crippen LogP contribution < -0.4 is 9.64 Å². The van der Waals surface area contributed by atoms with E-state index in [9.17, 15) is 18.0 Å². The van der Waals surface area contributed by atoms with Crippen molar-refractivity contribution in [3.63, 3.8) is 0 Å². The molecule has 1 amide bonds. The van der Waals surface area contributed by atoms with Gasteiger partial charge in [-0.2, -0.15) is 13.2 Å². The third-order valence-corrected chi connectivity index (χ3v) is 3.08. The molecular formula is C16H14F3NO2. The fraction of sp³-hybridized carbons (Fsp3) is 0.188. The molecule has 0 fully saturated rings. The van der Waals surface area contributed by atoms with E-state index >= 15 is 0 Å². The maximum absolute atomic E-state index is 12.8. The molecule has 2 rings (SSSR count). The average Bonchev–Trinajstić information content (AvgIpc) is 2.47. The fourth-order valence-electron chi connectivity index (χ4n) is 2.07. The Morgan fingerprint density at radius 1 is 1.05 bits per heavy atom. The van der Waals surface area contributed by atoms with Crippen LogP contribution in [0, 0.1) is 0 Å². The highest BCUT2D eigenvalue weighted by Gasteiger charge is 2.31. The Morgan fingerprint density at radius 2 is 1.68 bits per heavy atom. The van der Waals surface area contributed by atoms with Crippen molar-refractivity contribution in [3.8, 4) is 5.75 Å². The Balaban J connectivity index is 2.46. The van der Waals surface area contributed by atoms with Crippen molar-refractivity contribution < 1.29 is 22.7 Å². The molecule has 0 heterocycles. The van der Waals surface area contributed by atoms with Crippen LogP contribution >= 0.6 is 0 Å². The largest absolute Gasteiger partial charge is 0.497 e. The number of carbonyl (C=O) groups is 1. The molecule has 0 saturated heterocycles. The number of carbonyl (C=O) groups excluding carboxylic acids is 1. The zero-order valence-corrected chi connectivity index (χ0v) is 12.0. The molecule has 2 aromatic carbocycles. The van der Waals surface area contributed by atoms with Crippen LogP contribution in [0.25, 0.3) is 0 Å². The lowest BCUT2D eigenvalue weighted by Gasteiger charge is -2.22. The summed E-state index contributed by atoms with van der Waals surface area (Å²) >= 11 is 0. The molecule has 0 bridgehead atoms. The first-order valence-electron chi connectivity index (χ1n) is 6.45. The maximum Gasteiger partial charge on any atom is 0.416 e. The van der Waals surface area contributed by atoms with Gasteiger partial charge in [-0.05, 0) is 42.5 Å². The second-order valence-corrected chi connectivity index (χ2v) is 4.60. The fourth-order valence-corrected chi connectivity index (χ4v) is 2.07. The first-order chi connectivity index (χ1) is 10.3. The summed E-state index contributed by atoms with van der Waals surface area (Å²) in [5, 5.41) is 0. The monoisotopic (exact) mass is 309 g/mol. The second-order valence-electron chi connectivity index (χ2n) is 4.60. The predicted molar refractivity (Wildman–Crippen MR) is 77.3 cm³/mol. The number of benzene rings is 2. The summed E-state index contributed by atoms with van der Waals surface area (Å²) in [4.78, 5) is 13.1. The van der Waals surface area contributed by atoms with Crippen LogP contribution in [-0.4, -0.2) is 13.0 Å². The molecule has 0 aliphatic rings. The van der Waals surface area contributed by atoms with E-state index in [4.69, 9.17) is 4.74 Å². The summed E-state index contributed by atoms with van der Waals surface area (Å²) in [6.45, 7) is 1.30. The van der Waals surface area contributed by atoms with Crippen LogP contribution in [0.3, 0.4) is 0 Å². The van der Waals surface area contributed by atoms with E-state index in [1.54, 1.807) is 24.3 Å². The van der Waals surface area contributed by atoms with E-state index in [-0.39, 0.29) is 11.6 Å². The van der Waals surface area contributed by atoms with E-state index in [1.165, 1.54) is 31.1 Å². The highest BCUT2D eigenvalue weighted by Crippen LogP contribution is 2.34. The number of methoxy groups -OCH3 is 1. The van der Waals surface area contributed by atoms with Crippen molar-refractivity contribution in [1.82, 2.24) is 0 Å². The Labute approximate surface area is 125 Å². The molecule has 0 radical (unpaired) electrons. The van der Waals surface area contributed by atoms with E-state index in [1.807, 2.05) is 0 Å². The molecule has 0 aliphatic carbocycles. The Morgan fingerprint density at radius 3 is 2.18 bits per heavy atom. The van der Waals surface area contributed by atoms with Gasteiger partial charge in [0.05, 0.1) is 12.7 Å². The van der Waals surface area contributed by atoms with Gasteiger partial charge in [0.15, 0.2) is 0 Å². The van der Waals surface area contributed by atoms with Crippen molar-refractivity contribution in [3.05, 3.63) is 54.1 Å². The SMILES string of the molecule is COc1ccc(N(C(C)=O)c2cccc(C(F)(F)F)c2)cc1. The van der Waals surface area contributed by atoms with Gasteiger partial charge in [-0.3, -0.25) is 9.69 Å². The first kappa shape index (κ1) is 15.9. The minimum absolute atomic E-state index is 0.160. The van der Waals surface area contributed by atoms with Gasteiger partial charge in [-0.1, -0.05) is 6.07 Å². The lowest BCUT2D eigenvalue weighted by atomic mass is 10.1. The zero-order valence-electron chi connectivity index (χ0n) is 12.0. The number of alkyl halides is 3. The lowest BCUT2D eigenvalue weighted by molar-refractivity contribution is -0.137. The maximum atomic E-state index is 12.8. The molecule has 0 aliphatic heterocycles. The number of nitrogens with zero attached hydrogens (tertiary/aromatic N) is 1. The summed E-state index contributed by atoms with van der Waals surface area (Å²) < 4.78 is 43.5. The average molecular weight is 309 g/mol. The number of rotatable bonds is 3. The highest BCUT2D eigenvalue weighted by atomic mass is 19.4. The minimum Gasteiger partial charge on any atom is -0.497 e. The summed E-state index contributed by atoms with van der Waals surface area (Å²) in [6, 6.07) is 11.2. The van der Waals surface area contributed by atoms with Gasteiger partial charge in [0.2, 0.25) is 5.91 Å². The van der Waals surface area contributed by atoms with E-state index in [0.717, 1.165) is 12.1 Å². The van der Waals surface area contributed by atoms with Crippen molar-refractivity contribution in [2.75, 3.05) is 12.0 Å². The van der Waals surface area contributed by atoms with E-state index in [2.05, 4.69) is 0 Å². The molecule has 0 N–H and O–H groups in total. The minimum atomic E-state index is -4.46. The van der Waals surface area contributed by atoms with Crippen LogP contribution in [-0.2, 0) is 11.0 Å². The molecule has 6 heteroatoms. The predicted octanol–water partition coefficient (Wildman–Crippen LogP) is 4.40. The molecule has 0 aromatic heterocycles. The molecule has 0 spiro atoms.